The minimum atomic E-state index is -1.53. The average Bonchev–Trinajstić information content (AvgIpc) is 2.94. The van der Waals surface area contributed by atoms with Gasteiger partial charge in [0, 0.05) is 12.1 Å². The van der Waals surface area contributed by atoms with Crippen molar-refractivity contribution in [1.82, 2.24) is 10.6 Å². The van der Waals surface area contributed by atoms with E-state index >= 15 is 0 Å². The van der Waals surface area contributed by atoms with Crippen molar-refractivity contribution >= 4 is 17.8 Å². The van der Waals surface area contributed by atoms with E-state index in [9.17, 15) is 24.6 Å². The number of aliphatic hydroxyl groups excluding tert-OH is 2. The third-order valence-electron chi connectivity index (χ3n) is 6.81. The van der Waals surface area contributed by atoms with E-state index in [1.54, 1.807) is 0 Å². The third kappa shape index (κ3) is 12.3. The Morgan fingerprint density at radius 1 is 0.714 bits per heavy atom. The molecule has 0 aliphatic carbocycles. The number of amides is 2. The summed E-state index contributed by atoms with van der Waals surface area (Å²) in [6.07, 6.45) is -1.62. The van der Waals surface area contributed by atoms with Gasteiger partial charge in [0.1, 0.15) is 24.9 Å². The van der Waals surface area contributed by atoms with Crippen molar-refractivity contribution in [2.75, 3.05) is 6.61 Å². The highest BCUT2D eigenvalue weighted by Gasteiger charge is 2.31. The Morgan fingerprint density at radius 2 is 1.14 bits per heavy atom. The molecule has 2 aromatic carbocycles. The zero-order valence-electron chi connectivity index (χ0n) is 25.1. The molecule has 0 saturated carbocycles. The lowest BCUT2D eigenvalue weighted by molar-refractivity contribution is -0.151. The maximum absolute atomic E-state index is 13.1. The second kappa shape index (κ2) is 17.6. The fourth-order valence-electron chi connectivity index (χ4n) is 4.63. The first kappa shape index (κ1) is 34.9. The van der Waals surface area contributed by atoms with Crippen molar-refractivity contribution < 1.29 is 29.3 Å². The Morgan fingerprint density at radius 3 is 1.57 bits per heavy atom. The fourth-order valence-corrected chi connectivity index (χ4v) is 4.63. The predicted octanol–water partition coefficient (Wildman–Crippen LogP) is 1.45. The largest absolute Gasteiger partial charge is 0.462 e. The Balaban J connectivity index is 1.98. The second-order valence-electron chi connectivity index (χ2n) is 11.8. The van der Waals surface area contributed by atoms with E-state index in [-0.39, 0.29) is 31.3 Å². The van der Waals surface area contributed by atoms with Crippen LogP contribution in [-0.4, -0.2) is 71.0 Å². The van der Waals surface area contributed by atoms with Crippen LogP contribution in [-0.2, 0) is 32.0 Å². The minimum Gasteiger partial charge on any atom is -0.462 e. The summed E-state index contributed by atoms with van der Waals surface area (Å²) in [5.41, 5.74) is 14.0. The predicted molar refractivity (Wildman–Crippen MR) is 162 cm³/mol. The molecule has 0 fully saturated rings. The van der Waals surface area contributed by atoms with E-state index in [2.05, 4.69) is 10.6 Å². The first-order valence-electron chi connectivity index (χ1n) is 14.6. The van der Waals surface area contributed by atoms with Crippen LogP contribution in [0.5, 0.6) is 0 Å². The van der Waals surface area contributed by atoms with Crippen LogP contribution in [0.2, 0.25) is 0 Å². The molecule has 2 rings (SSSR count). The number of ether oxygens (including phenoxy) is 1. The maximum Gasteiger partial charge on any atom is 0.328 e. The smallest absolute Gasteiger partial charge is 0.328 e. The first-order chi connectivity index (χ1) is 19.9. The molecule has 8 N–H and O–H groups in total. The Kier molecular flexibility index (Phi) is 14.6. The molecule has 42 heavy (non-hydrogen) atoms. The van der Waals surface area contributed by atoms with E-state index in [1.165, 1.54) is 0 Å². The molecule has 10 nitrogen and oxygen atoms in total. The Labute approximate surface area is 249 Å². The molecule has 0 bridgehead atoms. The molecule has 2 aromatic rings. The summed E-state index contributed by atoms with van der Waals surface area (Å²) in [6.45, 7) is 7.54. The summed E-state index contributed by atoms with van der Waals surface area (Å²) in [7, 11) is 0. The summed E-state index contributed by atoms with van der Waals surface area (Å²) in [6, 6.07) is 15.3. The highest BCUT2D eigenvalue weighted by molar-refractivity contribution is 5.87. The number of esters is 1. The van der Waals surface area contributed by atoms with Crippen molar-refractivity contribution in [3.8, 4) is 0 Å². The Hall–Kier alpha value is -3.31. The van der Waals surface area contributed by atoms with Crippen LogP contribution >= 0.6 is 0 Å². The van der Waals surface area contributed by atoms with Gasteiger partial charge in [-0.05, 0) is 48.6 Å². The number of nitrogens with two attached hydrogens (primary N) is 2. The van der Waals surface area contributed by atoms with Crippen LogP contribution in [0.25, 0.3) is 0 Å². The molecule has 0 radical (unpaired) electrons. The molecular weight excluding hydrogens is 536 g/mol. The van der Waals surface area contributed by atoms with Crippen molar-refractivity contribution in [3.63, 3.8) is 0 Å². The fraction of sp³-hybridized carbons (Fsp3) is 0.531. The number of aliphatic hydroxyl groups is 2. The lowest BCUT2D eigenvalue weighted by Gasteiger charge is -2.26. The number of hydrogen-bond acceptors (Lipinski definition) is 8. The number of carbonyl (C=O) groups is 3. The quantitative estimate of drug-likeness (QED) is 0.151. The standard InChI is InChI=1S/C32H48N4O6/c1-20(2)15-24(35-30(39)28(37)25(33)17-22-11-7-5-8-12-22)19-42-32(41)27(16-21(3)4)36-31(40)29(38)26(34)18-23-13-9-6-10-14-23/h5-14,20-21,24-29,37-38H,15-19,33-34H2,1-4H3,(H,35,39)(H,36,40)/t24-,25+,26+,27-,28+,29+/m0/s1. The molecule has 2 amide bonds. The molecule has 0 heterocycles. The van der Waals surface area contributed by atoms with Gasteiger partial charge in [-0.1, -0.05) is 88.4 Å². The summed E-state index contributed by atoms with van der Waals surface area (Å²) in [4.78, 5) is 38.7. The van der Waals surface area contributed by atoms with Gasteiger partial charge in [0.05, 0.1) is 6.04 Å². The van der Waals surface area contributed by atoms with Gasteiger partial charge >= 0.3 is 5.97 Å². The monoisotopic (exact) mass is 584 g/mol. The van der Waals surface area contributed by atoms with Crippen LogP contribution in [0.1, 0.15) is 51.7 Å². The van der Waals surface area contributed by atoms with Gasteiger partial charge in [-0.25, -0.2) is 4.79 Å². The highest BCUT2D eigenvalue weighted by atomic mass is 16.5. The topological polar surface area (TPSA) is 177 Å². The number of rotatable bonds is 17. The van der Waals surface area contributed by atoms with Gasteiger partial charge < -0.3 is 37.1 Å². The number of nitrogens with one attached hydrogen (secondary N) is 2. The zero-order chi connectivity index (χ0) is 31.2. The summed E-state index contributed by atoms with van der Waals surface area (Å²) in [5, 5.41) is 26.5. The van der Waals surface area contributed by atoms with Crippen LogP contribution in [0.3, 0.4) is 0 Å². The number of benzene rings is 2. The van der Waals surface area contributed by atoms with Crippen LogP contribution < -0.4 is 22.1 Å². The van der Waals surface area contributed by atoms with Gasteiger partial charge in [0.25, 0.3) is 11.8 Å². The van der Waals surface area contributed by atoms with E-state index < -0.39 is 54.2 Å². The molecular formula is C32H48N4O6. The molecule has 10 heteroatoms. The summed E-state index contributed by atoms with van der Waals surface area (Å²) < 4.78 is 5.55. The van der Waals surface area contributed by atoms with E-state index in [1.807, 2.05) is 88.4 Å². The minimum absolute atomic E-state index is 0.0328. The molecule has 0 spiro atoms. The molecule has 0 aromatic heterocycles. The number of carbonyl (C=O) groups excluding carboxylic acids is 3. The SMILES string of the molecule is CC(C)C[C@@H](COC(=O)[C@H](CC(C)C)NC(=O)[C@H](O)[C@H](N)Cc1ccccc1)NC(=O)[C@H](O)[C@H](N)Cc1ccccc1. The molecule has 0 unspecified atom stereocenters. The molecule has 0 aliphatic rings. The van der Waals surface area contributed by atoms with E-state index in [0.717, 1.165) is 11.1 Å². The summed E-state index contributed by atoms with van der Waals surface area (Å²) >= 11 is 0. The Bertz CT molecular complexity index is 1100. The maximum atomic E-state index is 13.1. The van der Waals surface area contributed by atoms with Crippen molar-refractivity contribution in [3.05, 3.63) is 71.8 Å². The molecule has 0 saturated heterocycles. The van der Waals surface area contributed by atoms with Crippen LogP contribution in [0.4, 0.5) is 0 Å². The average molecular weight is 585 g/mol. The van der Waals surface area contributed by atoms with E-state index in [4.69, 9.17) is 16.2 Å². The molecule has 0 aliphatic heterocycles. The lowest BCUT2D eigenvalue weighted by atomic mass is 10.00. The number of hydrogen-bond donors (Lipinski definition) is 6. The molecule has 6 atom stereocenters. The normalized spacial score (nSPS) is 15.8. The van der Waals surface area contributed by atoms with Crippen molar-refractivity contribution in [2.24, 2.45) is 23.3 Å². The zero-order valence-corrected chi connectivity index (χ0v) is 25.1. The summed E-state index contributed by atoms with van der Waals surface area (Å²) in [5.74, 6) is -1.92. The van der Waals surface area contributed by atoms with Gasteiger partial charge in [-0.15, -0.1) is 0 Å². The van der Waals surface area contributed by atoms with Gasteiger partial charge in [0.15, 0.2) is 0 Å². The molecule has 232 valence electrons. The first-order valence-corrected chi connectivity index (χ1v) is 14.6. The van der Waals surface area contributed by atoms with Crippen molar-refractivity contribution in [1.29, 1.82) is 0 Å². The van der Waals surface area contributed by atoms with Crippen molar-refractivity contribution in [2.45, 2.75) is 89.8 Å². The van der Waals surface area contributed by atoms with E-state index in [0.29, 0.717) is 12.8 Å². The van der Waals surface area contributed by atoms with Gasteiger partial charge in [-0.2, -0.15) is 0 Å². The van der Waals surface area contributed by atoms with Gasteiger partial charge in [-0.3, -0.25) is 9.59 Å². The third-order valence-corrected chi connectivity index (χ3v) is 6.81. The highest BCUT2D eigenvalue weighted by Crippen LogP contribution is 2.12. The van der Waals surface area contributed by atoms with Crippen LogP contribution in [0.15, 0.2) is 60.7 Å². The second-order valence-corrected chi connectivity index (χ2v) is 11.8. The van der Waals surface area contributed by atoms with Crippen LogP contribution in [0, 0.1) is 11.8 Å². The van der Waals surface area contributed by atoms with Gasteiger partial charge in [0.2, 0.25) is 0 Å². The lowest BCUT2D eigenvalue weighted by Crippen LogP contribution is -2.53.